The van der Waals surface area contributed by atoms with Crippen LogP contribution < -0.4 is 10.6 Å². The quantitative estimate of drug-likeness (QED) is 0.610. The molecule has 0 aliphatic carbocycles. The zero-order valence-electron chi connectivity index (χ0n) is 17.6. The van der Waals surface area contributed by atoms with Crippen molar-refractivity contribution in [3.8, 4) is 0 Å². The van der Waals surface area contributed by atoms with E-state index in [0.29, 0.717) is 31.7 Å². The first-order chi connectivity index (χ1) is 14.8. The highest BCUT2D eigenvalue weighted by atomic mass is 32.2. The molecular weight excluding hydrogens is 416 g/mol. The minimum atomic E-state index is -3.49. The standard InChI is InChI=1S/C21H26N6O3S/c1-15-5-7-18(16(2)13-15)23-21(28)22-9-12-27-20-8-6-17(14-19(20)24-25-27)31(29,30)26-10-3-4-11-26/h5-8,13-14H,3-4,9-12H2,1-2H3,(H2,22,23,28). The van der Waals surface area contributed by atoms with E-state index in [9.17, 15) is 13.2 Å². The van der Waals surface area contributed by atoms with Crippen LogP contribution in [0.5, 0.6) is 0 Å². The normalized spacial score (nSPS) is 14.8. The van der Waals surface area contributed by atoms with Crippen molar-refractivity contribution >= 4 is 32.8 Å². The third-order valence-corrected chi connectivity index (χ3v) is 7.32. The fourth-order valence-corrected chi connectivity index (χ4v) is 5.29. The maximum absolute atomic E-state index is 12.7. The van der Waals surface area contributed by atoms with E-state index < -0.39 is 10.0 Å². The molecule has 0 saturated carbocycles. The van der Waals surface area contributed by atoms with Crippen LogP contribution in [0, 0.1) is 13.8 Å². The SMILES string of the molecule is Cc1ccc(NC(=O)NCCn2nnc3cc(S(=O)(=O)N4CCCC4)ccc32)c(C)c1. The van der Waals surface area contributed by atoms with Gasteiger partial charge in [-0.3, -0.25) is 0 Å². The lowest BCUT2D eigenvalue weighted by molar-refractivity contribution is 0.251. The van der Waals surface area contributed by atoms with Gasteiger partial charge in [0.15, 0.2) is 0 Å². The van der Waals surface area contributed by atoms with E-state index in [1.54, 1.807) is 22.9 Å². The summed E-state index contributed by atoms with van der Waals surface area (Å²) in [7, 11) is -3.49. The fourth-order valence-electron chi connectivity index (χ4n) is 3.75. The number of aryl methyl sites for hydroxylation is 2. The Morgan fingerprint density at radius 3 is 2.61 bits per heavy atom. The molecule has 4 rings (SSSR count). The van der Waals surface area contributed by atoms with Crippen molar-refractivity contribution in [2.24, 2.45) is 0 Å². The predicted molar refractivity (Wildman–Crippen MR) is 118 cm³/mol. The number of anilines is 1. The minimum absolute atomic E-state index is 0.236. The molecule has 1 aliphatic rings. The van der Waals surface area contributed by atoms with E-state index in [4.69, 9.17) is 0 Å². The van der Waals surface area contributed by atoms with Crippen LogP contribution in [-0.2, 0) is 16.6 Å². The molecule has 10 heteroatoms. The van der Waals surface area contributed by atoms with Crippen molar-refractivity contribution in [2.45, 2.75) is 38.1 Å². The number of carbonyl (C=O) groups is 1. The van der Waals surface area contributed by atoms with Crippen LogP contribution in [0.4, 0.5) is 10.5 Å². The maximum Gasteiger partial charge on any atom is 0.319 e. The summed E-state index contributed by atoms with van der Waals surface area (Å²) in [4.78, 5) is 12.4. The lowest BCUT2D eigenvalue weighted by Gasteiger charge is -2.15. The van der Waals surface area contributed by atoms with Gasteiger partial charge in [-0.15, -0.1) is 5.10 Å². The largest absolute Gasteiger partial charge is 0.336 e. The van der Waals surface area contributed by atoms with Crippen molar-refractivity contribution < 1.29 is 13.2 Å². The van der Waals surface area contributed by atoms with Gasteiger partial charge in [0.1, 0.15) is 5.52 Å². The zero-order chi connectivity index (χ0) is 22.0. The Labute approximate surface area is 181 Å². The van der Waals surface area contributed by atoms with Gasteiger partial charge in [-0.1, -0.05) is 22.9 Å². The second-order valence-corrected chi connectivity index (χ2v) is 9.71. The van der Waals surface area contributed by atoms with Crippen LogP contribution >= 0.6 is 0 Å². The van der Waals surface area contributed by atoms with Crippen LogP contribution in [0.3, 0.4) is 0 Å². The summed E-state index contributed by atoms with van der Waals surface area (Å²) in [5.41, 5.74) is 4.13. The average Bonchev–Trinajstić information content (AvgIpc) is 3.40. The van der Waals surface area contributed by atoms with Gasteiger partial charge < -0.3 is 10.6 Å². The Bertz CT molecular complexity index is 1220. The third kappa shape index (κ3) is 4.54. The van der Waals surface area contributed by atoms with E-state index in [2.05, 4.69) is 20.9 Å². The molecule has 1 aromatic heterocycles. The number of fused-ring (bicyclic) bond motifs is 1. The molecule has 0 radical (unpaired) electrons. The van der Waals surface area contributed by atoms with Crippen molar-refractivity contribution in [1.29, 1.82) is 0 Å². The van der Waals surface area contributed by atoms with E-state index in [1.165, 1.54) is 4.31 Å². The lowest BCUT2D eigenvalue weighted by Crippen LogP contribution is -2.31. The molecule has 2 aromatic carbocycles. The second kappa shape index (κ2) is 8.64. The number of hydrogen-bond acceptors (Lipinski definition) is 5. The Morgan fingerprint density at radius 1 is 1.10 bits per heavy atom. The number of amides is 2. The first kappa shape index (κ1) is 21.3. The number of sulfonamides is 1. The minimum Gasteiger partial charge on any atom is -0.336 e. The van der Waals surface area contributed by atoms with E-state index in [0.717, 1.165) is 35.2 Å². The molecule has 9 nitrogen and oxygen atoms in total. The molecule has 2 N–H and O–H groups in total. The van der Waals surface area contributed by atoms with Crippen LogP contribution in [-0.4, -0.2) is 53.4 Å². The molecule has 0 spiro atoms. The molecular formula is C21H26N6O3S. The topological polar surface area (TPSA) is 109 Å². The average molecular weight is 443 g/mol. The van der Waals surface area contributed by atoms with Gasteiger partial charge in [0, 0.05) is 25.3 Å². The number of hydrogen-bond donors (Lipinski definition) is 2. The molecule has 1 saturated heterocycles. The smallest absolute Gasteiger partial charge is 0.319 e. The molecule has 31 heavy (non-hydrogen) atoms. The number of urea groups is 1. The maximum atomic E-state index is 12.7. The molecule has 1 fully saturated rings. The number of rotatable bonds is 6. The number of nitrogens with one attached hydrogen (secondary N) is 2. The number of benzene rings is 2. The molecule has 3 aromatic rings. The molecule has 0 unspecified atom stereocenters. The van der Waals surface area contributed by atoms with Gasteiger partial charge in [-0.25, -0.2) is 17.9 Å². The second-order valence-electron chi connectivity index (χ2n) is 7.77. The lowest BCUT2D eigenvalue weighted by atomic mass is 10.1. The van der Waals surface area contributed by atoms with Gasteiger partial charge in [-0.2, -0.15) is 4.31 Å². The van der Waals surface area contributed by atoms with E-state index >= 15 is 0 Å². The summed E-state index contributed by atoms with van der Waals surface area (Å²) in [6.07, 6.45) is 1.78. The molecule has 2 amide bonds. The summed E-state index contributed by atoms with van der Waals surface area (Å²) in [5.74, 6) is 0. The van der Waals surface area contributed by atoms with Crippen LogP contribution in [0.1, 0.15) is 24.0 Å². The number of nitrogens with zero attached hydrogens (tertiary/aromatic N) is 4. The zero-order valence-corrected chi connectivity index (χ0v) is 18.4. The Hall–Kier alpha value is -2.98. The fraction of sp³-hybridized carbons (Fsp3) is 0.381. The van der Waals surface area contributed by atoms with Gasteiger partial charge >= 0.3 is 6.03 Å². The molecule has 1 aliphatic heterocycles. The summed E-state index contributed by atoms with van der Waals surface area (Å²) >= 11 is 0. The van der Waals surface area contributed by atoms with Gasteiger partial charge in [-0.05, 0) is 56.5 Å². The molecule has 0 bridgehead atoms. The van der Waals surface area contributed by atoms with Crippen LogP contribution in [0.25, 0.3) is 11.0 Å². The van der Waals surface area contributed by atoms with Gasteiger partial charge in [0.25, 0.3) is 0 Å². The van der Waals surface area contributed by atoms with Crippen molar-refractivity contribution in [1.82, 2.24) is 24.6 Å². The Kier molecular flexibility index (Phi) is 5.92. The predicted octanol–water partition coefficient (Wildman–Crippen LogP) is 2.65. The van der Waals surface area contributed by atoms with Crippen molar-refractivity contribution in [3.05, 3.63) is 47.5 Å². The van der Waals surface area contributed by atoms with Crippen molar-refractivity contribution in [2.75, 3.05) is 25.0 Å². The molecule has 164 valence electrons. The summed E-state index contributed by atoms with van der Waals surface area (Å²) in [6, 6.07) is 10.4. The molecule has 0 atom stereocenters. The van der Waals surface area contributed by atoms with Crippen LogP contribution in [0.15, 0.2) is 41.3 Å². The highest BCUT2D eigenvalue weighted by Gasteiger charge is 2.27. The summed E-state index contributed by atoms with van der Waals surface area (Å²) < 4.78 is 28.6. The Morgan fingerprint density at radius 2 is 1.87 bits per heavy atom. The summed E-state index contributed by atoms with van der Waals surface area (Å²) in [5, 5.41) is 13.9. The summed E-state index contributed by atoms with van der Waals surface area (Å²) in [6.45, 7) is 5.83. The van der Waals surface area contributed by atoms with E-state index in [-0.39, 0.29) is 10.9 Å². The number of aromatic nitrogens is 3. The van der Waals surface area contributed by atoms with Gasteiger partial charge in [0.2, 0.25) is 10.0 Å². The highest BCUT2D eigenvalue weighted by molar-refractivity contribution is 7.89. The first-order valence-electron chi connectivity index (χ1n) is 10.3. The van der Waals surface area contributed by atoms with Crippen molar-refractivity contribution in [3.63, 3.8) is 0 Å². The third-order valence-electron chi connectivity index (χ3n) is 5.43. The monoisotopic (exact) mass is 442 g/mol. The highest BCUT2D eigenvalue weighted by Crippen LogP contribution is 2.23. The molecule has 2 heterocycles. The van der Waals surface area contributed by atoms with Gasteiger partial charge in [0.05, 0.1) is 17.0 Å². The number of carbonyl (C=O) groups excluding carboxylic acids is 1. The Balaban J connectivity index is 1.38. The van der Waals surface area contributed by atoms with Crippen LogP contribution in [0.2, 0.25) is 0 Å². The van der Waals surface area contributed by atoms with E-state index in [1.807, 2.05) is 32.0 Å². The first-order valence-corrected chi connectivity index (χ1v) is 11.7.